The van der Waals surface area contributed by atoms with Gasteiger partial charge in [0, 0.05) is 31.9 Å². The SMILES string of the molecule is CCNC(=NCc1nnc2ccccn12)NC1CCN(CC(F)(F)F)C1. The second-order valence-corrected chi connectivity index (χ2v) is 6.22. The molecule has 1 aliphatic rings. The summed E-state index contributed by atoms with van der Waals surface area (Å²) in [4.78, 5) is 5.91. The van der Waals surface area contributed by atoms with Crippen molar-refractivity contribution in [2.75, 3.05) is 26.2 Å². The number of pyridine rings is 1. The lowest BCUT2D eigenvalue weighted by Crippen LogP contribution is -2.45. The zero-order valence-corrected chi connectivity index (χ0v) is 14.5. The number of hydrogen-bond acceptors (Lipinski definition) is 4. The van der Waals surface area contributed by atoms with Crippen molar-refractivity contribution in [3.05, 3.63) is 30.2 Å². The van der Waals surface area contributed by atoms with E-state index in [0.717, 1.165) is 5.65 Å². The number of nitrogens with zero attached hydrogens (tertiary/aromatic N) is 5. The quantitative estimate of drug-likeness (QED) is 0.616. The predicted octanol–water partition coefficient (Wildman–Crippen LogP) is 1.42. The summed E-state index contributed by atoms with van der Waals surface area (Å²) >= 11 is 0. The first-order valence-electron chi connectivity index (χ1n) is 8.57. The number of aromatic nitrogens is 3. The molecule has 0 aliphatic carbocycles. The number of halogens is 3. The van der Waals surface area contributed by atoms with Gasteiger partial charge in [-0.1, -0.05) is 6.07 Å². The molecule has 3 rings (SSSR count). The van der Waals surface area contributed by atoms with Crippen molar-refractivity contribution in [2.24, 2.45) is 4.99 Å². The largest absolute Gasteiger partial charge is 0.401 e. The van der Waals surface area contributed by atoms with Crippen molar-refractivity contribution in [2.45, 2.75) is 32.1 Å². The first kappa shape index (κ1) is 18.4. The summed E-state index contributed by atoms with van der Waals surface area (Å²) in [5.74, 6) is 1.27. The Morgan fingerprint density at radius 2 is 2.19 bits per heavy atom. The van der Waals surface area contributed by atoms with Crippen LogP contribution >= 0.6 is 0 Å². The van der Waals surface area contributed by atoms with Crippen molar-refractivity contribution in [1.82, 2.24) is 30.1 Å². The fourth-order valence-electron chi connectivity index (χ4n) is 3.01. The lowest BCUT2D eigenvalue weighted by atomic mass is 10.3. The van der Waals surface area contributed by atoms with Gasteiger partial charge in [0.25, 0.3) is 0 Å². The molecular weight excluding hydrogens is 347 g/mol. The monoisotopic (exact) mass is 369 g/mol. The average Bonchev–Trinajstić information content (AvgIpc) is 3.18. The smallest absolute Gasteiger partial charge is 0.357 e. The molecule has 1 unspecified atom stereocenters. The van der Waals surface area contributed by atoms with Crippen LogP contribution in [-0.4, -0.2) is 63.9 Å². The third kappa shape index (κ3) is 4.84. The zero-order chi connectivity index (χ0) is 18.6. The number of aliphatic imine (C=N–C) groups is 1. The summed E-state index contributed by atoms with van der Waals surface area (Å²) in [7, 11) is 0. The fraction of sp³-hybridized carbons (Fsp3) is 0.562. The molecule has 2 aromatic rings. The van der Waals surface area contributed by atoms with Gasteiger partial charge in [-0.25, -0.2) is 4.99 Å². The number of likely N-dealkylation sites (tertiary alicyclic amines) is 1. The Morgan fingerprint density at radius 3 is 2.96 bits per heavy atom. The number of rotatable bonds is 5. The lowest BCUT2D eigenvalue weighted by molar-refractivity contribution is -0.143. The van der Waals surface area contributed by atoms with Crippen LogP contribution in [0.25, 0.3) is 5.65 Å². The second-order valence-electron chi connectivity index (χ2n) is 6.22. The Labute approximate surface area is 149 Å². The molecule has 0 saturated carbocycles. The van der Waals surface area contributed by atoms with Gasteiger partial charge in [0.15, 0.2) is 17.4 Å². The number of guanidine groups is 1. The van der Waals surface area contributed by atoms with Gasteiger partial charge >= 0.3 is 6.18 Å². The van der Waals surface area contributed by atoms with Crippen molar-refractivity contribution >= 4 is 11.6 Å². The van der Waals surface area contributed by atoms with Gasteiger partial charge in [-0.3, -0.25) is 9.30 Å². The van der Waals surface area contributed by atoms with Crippen molar-refractivity contribution in [1.29, 1.82) is 0 Å². The Hall–Kier alpha value is -2.36. The maximum absolute atomic E-state index is 12.5. The van der Waals surface area contributed by atoms with E-state index in [1.165, 1.54) is 4.90 Å². The number of alkyl halides is 3. The van der Waals surface area contributed by atoms with E-state index >= 15 is 0 Å². The first-order chi connectivity index (χ1) is 12.4. The van der Waals surface area contributed by atoms with Crippen LogP contribution in [0.3, 0.4) is 0 Å². The molecule has 10 heteroatoms. The van der Waals surface area contributed by atoms with Crippen LogP contribution in [0, 0.1) is 0 Å². The molecule has 1 fully saturated rings. The highest BCUT2D eigenvalue weighted by Crippen LogP contribution is 2.19. The Balaban J connectivity index is 1.61. The van der Waals surface area contributed by atoms with Crippen LogP contribution in [0.5, 0.6) is 0 Å². The van der Waals surface area contributed by atoms with Crippen LogP contribution in [-0.2, 0) is 6.54 Å². The second kappa shape index (κ2) is 7.90. The van der Waals surface area contributed by atoms with E-state index in [2.05, 4.69) is 25.8 Å². The van der Waals surface area contributed by atoms with Gasteiger partial charge in [-0.2, -0.15) is 13.2 Å². The molecule has 2 N–H and O–H groups in total. The summed E-state index contributed by atoms with van der Waals surface area (Å²) in [6, 6.07) is 5.57. The minimum absolute atomic E-state index is 0.0645. The van der Waals surface area contributed by atoms with Gasteiger partial charge in [0.05, 0.1) is 6.54 Å². The van der Waals surface area contributed by atoms with Crippen molar-refractivity contribution in [3.8, 4) is 0 Å². The molecule has 142 valence electrons. The lowest BCUT2D eigenvalue weighted by Gasteiger charge is -2.19. The highest BCUT2D eigenvalue weighted by Gasteiger charge is 2.34. The molecule has 7 nitrogen and oxygen atoms in total. The maximum atomic E-state index is 12.5. The molecule has 3 heterocycles. The fourth-order valence-corrected chi connectivity index (χ4v) is 3.01. The van der Waals surface area contributed by atoms with Crippen LogP contribution in [0.1, 0.15) is 19.2 Å². The molecular formula is C16H22F3N7. The molecule has 2 aromatic heterocycles. The number of nitrogens with one attached hydrogen (secondary N) is 2. The van der Waals surface area contributed by atoms with E-state index in [9.17, 15) is 13.2 Å². The first-order valence-corrected chi connectivity index (χ1v) is 8.57. The topological polar surface area (TPSA) is 69.8 Å². The van der Waals surface area contributed by atoms with E-state index in [-0.39, 0.29) is 6.04 Å². The molecule has 0 radical (unpaired) electrons. The Bertz CT molecular complexity index is 756. The summed E-state index contributed by atoms with van der Waals surface area (Å²) in [6.45, 7) is 2.81. The summed E-state index contributed by atoms with van der Waals surface area (Å²) in [5, 5.41) is 14.5. The van der Waals surface area contributed by atoms with Crippen LogP contribution in [0.4, 0.5) is 13.2 Å². The highest BCUT2D eigenvalue weighted by molar-refractivity contribution is 5.80. The van der Waals surface area contributed by atoms with E-state index < -0.39 is 12.7 Å². The summed E-state index contributed by atoms with van der Waals surface area (Å²) in [5.41, 5.74) is 0.745. The predicted molar refractivity (Wildman–Crippen MR) is 91.8 cm³/mol. The van der Waals surface area contributed by atoms with Gasteiger partial charge in [-0.05, 0) is 25.5 Å². The van der Waals surface area contributed by atoms with Crippen LogP contribution in [0.15, 0.2) is 29.4 Å². The zero-order valence-electron chi connectivity index (χ0n) is 14.5. The van der Waals surface area contributed by atoms with Crippen LogP contribution in [0.2, 0.25) is 0 Å². The Kier molecular flexibility index (Phi) is 5.60. The number of hydrogen-bond donors (Lipinski definition) is 2. The molecule has 1 atom stereocenters. The van der Waals surface area contributed by atoms with Crippen molar-refractivity contribution in [3.63, 3.8) is 0 Å². The normalized spacial score (nSPS) is 19.2. The van der Waals surface area contributed by atoms with E-state index in [1.807, 2.05) is 35.7 Å². The minimum atomic E-state index is -4.16. The summed E-state index contributed by atoms with van der Waals surface area (Å²) in [6.07, 6.45) is -1.65. The molecule has 1 aliphatic heterocycles. The van der Waals surface area contributed by atoms with E-state index in [4.69, 9.17) is 0 Å². The summed E-state index contributed by atoms with van der Waals surface area (Å²) < 4.78 is 39.4. The molecule has 1 saturated heterocycles. The standard InChI is InChI=1S/C16H22F3N7/c1-2-20-15(22-12-6-8-25(10-12)11-16(17,18)19)21-9-14-24-23-13-5-3-4-7-26(13)14/h3-5,7,12H,2,6,8-11H2,1H3,(H2,20,21,22). The van der Waals surface area contributed by atoms with Gasteiger partial charge in [0.2, 0.25) is 0 Å². The van der Waals surface area contributed by atoms with Gasteiger partial charge < -0.3 is 10.6 Å². The third-order valence-electron chi connectivity index (χ3n) is 4.12. The third-order valence-corrected chi connectivity index (χ3v) is 4.12. The highest BCUT2D eigenvalue weighted by atomic mass is 19.4. The van der Waals surface area contributed by atoms with Crippen molar-refractivity contribution < 1.29 is 13.2 Å². The molecule has 0 bridgehead atoms. The molecule has 0 amide bonds. The van der Waals surface area contributed by atoms with E-state index in [0.29, 0.717) is 44.4 Å². The van der Waals surface area contributed by atoms with Gasteiger partial charge in [-0.15, -0.1) is 10.2 Å². The molecule has 0 aromatic carbocycles. The number of fused-ring (bicyclic) bond motifs is 1. The van der Waals surface area contributed by atoms with E-state index in [1.54, 1.807) is 0 Å². The molecule has 26 heavy (non-hydrogen) atoms. The van der Waals surface area contributed by atoms with Gasteiger partial charge in [0.1, 0.15) is 6.54 Å². The average molecular weight is 369 g/mol. The van der Waals surface area contributed by atoms with Crippen LogP contribution < -0.4 is 10.6 Å². The maximum Gasteiger partial charge on any atom is 0.401 e. The molecule has 0 spiro atoms. The minimum Gasteiger partial charge on any atom is -0.357 e. The Morgan fingerprint density at radius 1 is 1.35 bits per heavy atom.